The van der Waals surface area contributed by atoms with Crippen LogP contribution in [0.5, 0.6) is 0 Å². The van der Waals surface area contributed by atoms with Crippen LogP contribution in [0, 0.1) is 3.57 Å². The molecule has 0 unspecified atom stereocenters. The topological polar surface area (TPSA) is 80.9 Å². The smallest absolute Gasteiger partial charge is 0.285 e. The molecule has 104 valence electrons. The number of aromatic nitrogens is 2. The molecule has 19 heavy (non-hydrogen) atoms. The van der Waals surface area contributed by atoms with Gasteiger partial charge in [-0.2, -0.15) is 0 Å². The second-order valence-electron chi connectivity index (χ2n) is 3.48. The SMILES string of the molecule is CCc1nc2cc(I)ccc2nc1C(=O)NN.Cl.Cl. The van der Waals surface area contributed by atoms with Crippen LogP contribution in [0.4, 0.5) is 0 Å². The third-order valence-corrected chi connectivity index (χ3v) is 3.05. The minimum Gasteiger partial charge on any atom is -0.289 e. The molecule has 1 aromatic carbocycles. The summed E-state index contributed by atoms with van der Waals surface area (Å²) in [5.41, 5.74) is 4.53. The van der Waals surface area contributed by atoms with E-state index in [-0.39, 0.29) is 24.8 Å². The third-order valence-electron chi connectivity index (χ3n) is 2.38. The lowest BCUT2D eigenvalue weighted by molar-refractivity contribution is 0.0947. The van der Waals surface area contributed by atoms with Gasteiger partial charge in [0.15, 0.2) is 5.69 Å². The van der Waals surface area contributed by atoms with Crippen molar-refractivity contribution in [3.05, 3.63) is 33.2 Å². The molecule has 8 heteroatoms. The number of hydrogen-bond donors (Lipinski definition) is 2. The number of benzene rings is 1. The number of fused-ring (bicyclic) bond motifs is 1. The molecular formula is C11H13Cl2IN4O. The summed E-state index contributed by atoms with van der Waals surface area (Å²) in [5.74, 6) is 4.72. The monoisotopic (exact) mass is 414 g/mol. The Morgan fingerprint density at radius 3 is 2.58 bits per heavy atom. The Labute approximate surface area is 136 Å². The molecule has 1 amide bonds. The highest BCUT2D eigenvalue weighted by molar-refractivity contribution is 14.1. The van der Waals surface area contributed by atoms with Crippen LogP contribution in [-0.2, 0) is 6.42 Å². The predicted octanol–water partition coefficient (Wildman–Crippen LogP) is 2.24. The minimum absolute atomic E-state index is 0. The maximum Gasteiger partial charge on any atom is 0.285 e. The number of nitrogens with zero attached hydrogens (tertiary/aromatic N) is 2. The van der Waals surface area contributed by atoms with Gasteiger partial charge in [-0.05, 0) is 47.2 Å². The lowest BCUT2D eigenvalue weighted by Gasteiger charge is -2.07. The lowest BCUT2D eigenvalue weighted by Crippen LogP contribution is -2.32. The molecule has 0 fully saturated rings. The van der Waals surface area contributed by atoms with E-state index >= 15 is 0 Å². The van der Waals surface area contributed by atoms with Crippen molar-refractivity contribution in [2.45, 2.75) is 13.3 Å². The van der Waals surface area contributed by atoms with Gasteiger partial charge in [0.1, 0.15) is 0 Å². The summed E-state index contributed by atoms with van der Waals surface area (Å²) >= 11 is 2.21. The Kier molecular flexibility index (Phi) is 7.50. The number of halogens is 3. The van der Waals surface area contributed by atoms with Crippen LogP contribution in [-0.4, -0.2) is 15.9 Å². The molecule has 2 aromatic rings. The molecular weight excluding hydrogens is 402 g/mol. The van der Waals surface area contributed by atoms with Gasteiger partial charge < -0.3 is 0 Å². The highest BCUT2D eigenvalue weighted by Gasteiger charge is 2.14. The van der Waals surface area contributed by atoms with E-state index in [0.29, 0.717) is 23.3 Å². The molecule has 0 saturated heterocycles. The van der Waals surface area contributed by atoms with Crippen molar-refractivity contribution in [3.8, 4) is 0 Å². The Morgan fingerprint density at radius 1 is 1.32 bits per heavy atom. The Hall–Kier alpha value is -0.700. The summed E-state index contributed by atoms with van der Waals surface area (Å²) in [5, 5.41) is 0. The molecule has 0 atom stereocenters. The summed E-state index contributed by atoms with van der Waals surface area (Å²) in [6.07, 6.45) is 0.636. The zero-order valence-electron chi connectivity index (χ0n) is 10.0. The number of hydrogen-bond acceptors (Lipinski definition) is 4. The van der Waals surface area contributed by atoms with Gasteiger partial charge in [-0.15, -0.1) is 24.8 Å². The van der Waals surface area contributed by atoms with Gasteiger partial charge in [0.25, 0.3) is 5.91 Å². The molecule has 1 aromatic heterocycles. The van der Waals surface area contributed by atoms with E-state index in [1.807, 2.05) is 25.1 Å². The number of rotatable bonds is 2. The van der Waals surface area contributed by atoms with Crippen molar-refractivity contribution in [1.29, 1.82) is 0 Å². The Morgan fingerprint density at radius 2 is 2.00 bits per heavy atom. The summed E-state index contributed by atoms with van der Waals surface area (Å²) in [6.45, 7) is 1.93. The summed E-state index contributed by atoms with van der Waals surface area (Å²) in [4.78, 5) is 20.3. The van der Waals surface area contributed by atoms with E-state index in [1.165, 1.54) is 0 Å². The number of hydrazine groups is 1. The molecule has 0 aliphatic carbocycles. The largest absolute Gasteiger partial charge is 0.289 e. The Balaban J connectivity index is 0.00000162. The van der Waals surface area contributed by atoms with E-state index < -0.39 is 5.91 Å². The van der Waals surface area contributed by atoms with Crippen LogP contribution in [0.1, 0.15) is 23.1 Å². The molecule has 5 nitrogen and oxygen atoms in total. The van der Waals surface area contributed by atoms with Crippen molar-refractivity contribution in [2.24, 2.45) is 5.84 Å². The first-order valence-electron chi connectivity index (χ1n) is 5.12. The van der Waals surface area contributed by atoms with Crippen molar-refractivity contribution < 1.29 is 4.79 Å². The third kappa shape index (κ3) is 3.88. The highest BCUT2D eigenvalue weighted by Crippen LogP contribution is 2.16. The number of nitrogen functional groups attached to an aromatic ring is 1. The standard InChI is InChI=1S/C11H11IN4O.2ClH/c1-2-7-10(11(17)16-13)15-8-4-3-6(12)5-9(8)14-7;;/h3-5H,2,13H2,1H3,(H,16,17);2*1H. The van der Waals surface area contributed by atoms with Gasteiger partial charge in [0.2, 0.25) is 0 Å². The molecule has 0 saturated carbocycles. The quantitative estimate of drug-likeness (QED) is 0.342. The van der Waals surface area contributed by atoms with Crippen LogP contribution in [0.2, 0.25) is 0 Å². The number of nitrogens with two attached hydrogens (primary N) is 1. The molecule has 0 aliphatic heterocycles. The first kappa shape index (κ1) is 18.3. The predicted molar refractivity (Wildman–Crippen MR) is 87.8 cm³/mol. The lowest BCUT2D eigenvalue weighted by atomic mass is 10.2. The minimum atomic E-state index is -0.408. The van der Waals surface area contributed by atoms with E-state index in [1.54, 1.807) is 0 Å². The number of nitrogens with one attached hydrogen (secondary N) is 1. The molecule has 2 rings (SSSR count). The van der Waals surface area contributed by atoms with Crippen LogP contribution in [0.3, 0.4) is 0 Å². The fourth-order valence-electron chi connectivity index (χ4n) is 1.56. The van der Waals surface area contributed by atoms with Crippen molar-refractivity contribution in [1.82, 2.24) is 15.4 Å². The first-order chi connectivity index (χ1) is 8.15. The number of amides is 1. The van der Waals surface area contributed by atoms with Gasteiger partial charge in [-0.1, -0.05) is 6.92 Å². The number of aryl methyl sites for hydroxylation is 1. The first-order valence-corrected chi connectivity index (χ1v) is 6.20. The zero-order chi connectivity index (χ0) is 12.4. The van der Waals surface area contributed by atoms with Gasteiger partial charge in [-0.3, -0.25) is 10.2 Å². The summed E-state index contributed by atoms with van der Waals surface area (Å²) in [7, 11) is 0. The second kappa shape index (κ2) is 7.78. The van der Waals surface area contributed by atoms with Crippen LogP contribution in [0.25, 0.3) is 11.0 Å². The fraction of sp³-hybridized carbons (Fsp3) is 0.182. The molecule has 0 spiro atoms. The van der Waals surface area contributed by atoms with E-state index in [4.69, 9.17) is 5.84 Å². The van der Waals surface area contributed by atoms with E-state index in [9.17, 15) is 4.79 Å². The highest BCUT2D eigenvalue weighted by atomic mass is 127. The summed E-state index contributed by atoms with van der Waals surface area (Å²) in [6, 6.07) is 5.70. The van der Waals surface area contributed by atoms with Crippen LogP contribution in [0.15, 0.2) is 18.2 Å². The van der Waals surface area contributed by atoms with E-state index in [2.05, 4.69) is 38.0 Å². The number of carbonyl (C=O) groups is 1. The fourth-order valence-corrected chi connectivity index (χ4v) is 2.04. The van der Waals surface area contributed by atoms with Crippen molar-refractivity contribution in [3.63, 3.8) is 0 Å². The van der Waals surface area contributed by atoms with Crippen LogP contribution < -0.4 is 11.3 Å². The molecule has 1 heterocycles. The van der Waals surface area contributed by atoms with E-state index in [0.717, 1.165) is 9.09 Å². The van der Waals surface area contributed by atoms with Gasteiger partial charge in [0.05, 0.1) is 16.7 Å². The normalized spacial score (nSPS) is 9.42. The average Bonchev–Trinajstić information content (AvgIpc) is 2.36. The maximum atomic E-state index is 11.6. The molecule has 0 bridgehead atoms. The average molecular weight is 415 g/mol. The van der Waals surface area contributed by atoms with Gasteiger partial charge >= 0.3 is 0 Å². The maximum absolute atomic E-state index is 11.6. The molecule has 0 aliphatic rings. The second-order valence-corrected chi connectivity index (χ2v) is 4.72. The van der Waals surface area contributed by atoms with Crippen molar-refractivity contribution in [2.75, 3.05) is 0 Å². The van der Waals surface area contributed by atoms with Gasteiger partial charge in [-0.25, -0.2) is 15.8 Å². The molecule has 3 N–H and O–H groups in total. The molecule has 0 radical (unpaired) electrons. The zero-order valence-corrected chi connectivity index (χ0v) is 13.8. The number of carbonyl (C=O) groups excluding carboxylic acids is 1. The van der Waals surface area contributed by atoms with Crippen LogP contribution >= 0.6 is 47.4 Å². The van der Waals surface area contributed by atoms with Gasteiger partial charge in [0, 0.05) is 3.57 Å². The van der Waals surface area contributed by atoms with Crippen molar-refractivity contribution >= 4 is 64.3 Å². The Bertz CT molecular complexity index is 594. The summed E-state index contributed by atoms with van der Waals surface area (Å²) < 4.78 is 1.09.